The number of hydroxylamine groups is 2. The van der Waals surface area contributed by atoms with Gasteiger partial charge in [0.1, 0.15) is 0 Å². The molecule has 1 amide bonds. The van der Waals surface area contributed by atoms with E-state index in [-0.39, 0.29) is 12.1 Å². The molecule has 2 saturated heterocycles. The van der Waals surface area contributed by atoms with Gasteiger partial charge in [-0.25, -0.2) is 4.79 Å². The van der Waals surface area contributed by atoms with Crippen molar-refractivity contribution >= 4 is 6.09 Å². The minimum Gasteiger partial charge on any atom is -0.350 e. The molecule has 0 bridgehead atoms. The highest BCUT2D eigenvalue weighted by atomic mass is 16.7. The van der Waals surface area contributed by atoms with Crippen molar-refractivity contribution in [3.05, 3.63) is 35.4 Å². The summed E-state index contributed by atoms with van der Waals surface area (Å²) < 4.78 is 0. The van der Waals surface area contributed by atoms with Gasteiger partial charge < -0.3 is 9.74 Å². The monoisotopic (exact) mass is 286 g/mol. The van der Waals surface area contributed by atoms with Crippen LogP contribution in [0.15, 0.2) is 24.3 Å². The molecule has 0 radical (unpaired) electrons. The number of nitrogens with zero attached hydrogens (tertiary/aromatic N) is 2. The smallest absolute Gasteiger partial charge is 0.350 e. The van der Waals surface area contributed by atoms with Crippen molar-refractivity contribution < 1.29 is 9.63 Å². The lowest BCUT2D eigenvalue weighted by Crippen LogP contribution is -2.45. The Morgan fingerprint density at radius 2 is 1.76 bits per heavy atom. The van der Waals surface area contributed by atoms with Crippen molar-refractivity contribution in [3.8, 4) is 0 Å². The number of likely N-dealkylation sites (tertiary alicyclic amines) is 1. The minimum absolute atomic E-state index is 0.169. The summed E-state index contributed by atoms with van der Waals surface area (Å²) >= 11 is 0. The summed E-state index contributed by atoms with van der Waals surface area (Å²) in [5, 5.41) is 1.92. The second-order valence-corrected chi connectivity index (χ2v) is 6.40. The number of hydrogen-bond donors (Lipinski definition) is 0. The fourth-order valence-corrected chi connectivity index (χ4v) is 3.40. The van der Waals surface area contributed by atoms with Gasteiger partial charge in [-0.15, -0.1) is 5.06 Å². The number of carbonyl (C=O) groups is 1. The van der Waals surface area contributed by atoms with Crippen molar-refractivity contribution in [2.24, 2.45) is 0 Å². The lowest BCUT2D eigenvalue weighted by atomic mass is 9.96. The molecule has 0 spiro atoms. The normalized spacial score (nSPS) is 25.7. The standard InChI is InChI=1S/C17H22N2O2/c20-17(18-10-4-11-18)21-19-12-3-7-16(19)15-6-2-1-5-14(15)13-8-9-13/h1-2,5-6,13,16H,3-4,7-12H2. The Kier molecular flexibility index (Phi) is 3.34. The van der Waals surface area contributed by atoms with Crippen LogP contribution in [0.4, 0.5) is 4.79 Å². The van der Waals surface area contributed by atoms with Crippen molar-refractivity contribution in [3.63, 3.8) is 0 Å². The van der Waals surface area contributed by atoms with Gasteiger partial charge >= 0.3 is 6.09 Å². The molecule has 112 valence electrons. The Labute approximate surface area is 125 Å². The lowest BCUT2D eigenvalue weighted by molar-refractivity contribution is -0.127. The number of hydrogen-bond acceptors (Lipinski definition) is 3. The van der Waals surface area contributed by atoms with Crippen LogP contribution in [0.25, 0.3) is 0 Å². The van der Waals surface area contributed by atoms with E-state index in [4.69, 9.17) is 4.84 Å². The summed E-state index contributed by atoms with van der Waals surface area (Å²) in [5.74, 6) is 0.731. The third-order valence-electron chi connectivity index (χ3n) is 4.89. The predicted octanol–water partition coefficient (Wildman–Crippen LogP) is 3.46. The molecule has 3 fully saturated rings. The first-order valence-corrected chi connectivity index (χ1v) is 8.15. The minimum atomic E-state index is -0.169. The Morgan fingerprint density at radius 3 is 2.43 bits per heavy atom. The molecule has 4 heteroatoms. The summed E-state index contributed by atoms with van der Waals surface area (Å²) in [4.78, 5) is 19.5. The van der Waals surface area contributed by atoms with E-state index in [2.05, 4.69) is 24.3 Å². The van der Waals surface area contributed by atoms with Crippen LogP contribution in [0, 0.1) is 0 Å². The molecular formula is C17H22N2O2. The fraction of sp³-hybridized carbons (Fsp3) is 0.588. The second-order valence-electron chi connectivity index (χ2n) is 6.40. The summed E-state index contributed by atoms with van der Waals surface area (Å²) in [7, 11) is 0. The summed E-state index contributed by atoms with van der Waals surface area (Å²) in [6, 6.07) is 8.94. The maximum atomic E-state index is 12.1. The maximum Gasteiger partial charge on any atom is 0.428 e. The Bertz CT molecular complexity index is 537. The van der Waals surface area contributed by atoms with E-state index < -0.39 is 0 Å². The first-order chi connectivity index (χ1) is 10.3. The number of carbonyl (C=O) groups excluding carboxylic acids is 1. The van der Waals surface area contributed by atoms with Crippen molar-refractivity contribution in [2.75, 3.05) is 19.6 Å². The van der Waals surface area contributed by atoms with Crippen molar-refractivity contribution in [1.29, 1.82) is 0 Å². The van der Waals surface area contributed by atoms with E-state index >= 15 is 0 Å². The van der Waals surface area contributed by atoms with Gasteiger partial charge in [-0.2, -0.15) is 0 Å². The van der Waals surface area contributed by atoms with Gasteiger partial charge in [-0.3, -0.25) is 0 Å². The highest BCUT2D eigenvalue weighted by Gasteiger charge is 2.35. The fourth-order valence-electron chi connectivity index (χ4n) is 3.40. The molecular weight excluding hydrogens is 264 g/mol. The Morgan fingerprint density at radius 1 is 1.00 bits per heavy atom. The number of rotatable bonds is 3. The van der Waals surface area contributed by atoms with Crippen LogP contribution in [-0.2, 0) is 4.84 Å². The molecule has 2 heterocycles. The SMILES string of the molecule is O=C(ON1CCCC1c1ccccc1C1CC1)N1CCC1. The zero-order valence-corrected chi connectivity index (χ0v) is 12.3. The quantitative estimate of drug-likeness (QED) is 0.853. The second kappa shape index (κ2) is 5.34. The number of benzene rings is 1. The molecule has 0 N–H and O–H groups in total. The third kappa shape index (κ3) is 2.53. The van der Waals surface area contributed by atoms with E-state index in [1.54, 1.807) is 4.90 Å². The van der Waals surface area contributed by atoms with E-state index in [0.29, 0.717) is 0 Å². The first kappa shape index (κ1) is 13.1. The van der Waals surface area contributed by atoms with Gasteiger partial charge in [0.25, 0.3) is 0 Å². The average Bonchev–Trinajstić information content (AvgIpc) is 3.18. The van der Waals surface area contributed by atoms with Crippen LogP contribution >= 0.6 is 0 Å². The van der Waals surface area contributed by atoms with E-state index in [1.807, 2.05) is 5.06 Å². The van der Waals surface area contributed by atoms with Crippen LogP contribution < -0.4 is 0 Å². The molecule has 1 aromatic rings. The van der Waals surface area contributed by atoms with Gasteiger partial charge in [0, 0.05) is 19.6 Å². The molecule has 1 aromatic carbocycles. The van der Waals surface area contributed by atoms with Crippen LogP contribution in [0.5, 0.6) is 0 Å². The van der Waals surface area contributed by atoms with Gasteiger partial charge in [0.05, 0.1) is 6.04 Å². The van der Waals surface area contributed by atoms with E-state index in [1.165, 1.54) is 24.0 Å². The van der Waals surface area contributed by atoms with Gasteiger partial charge in [0.15, 0.2) is 0 Å². The predicted molar refractivity (Wildman–Crippen MR) is 79.8 cm³/mol. The van der Waals surface area contributed by atoms with E-state index in [0.717, 1.165) is 44.8 Å². The molecule has 4 nitrogen and oxygen atoms in total. The molecule has 3 aliphatic rings. The Balaban J connectivity index is 1.51. The van der Waals surface area contributed by atoms with Crippen molar-refractivity contribution in [1.82, 2.24) is 9.96 Å². The first-order valence-electron chi connectivity index (χ1n) is 8.15. The molecule has 1 aliphatic carbocycles. The van der Waals surface area contributed by atoms with E-state index in [9.17, 15) is 4.79 Å². The topological polar surface area (TPSA) is 32.8 Å². The average molecular weight is 286 g/mol. The largest absolute Gasteiger partial charge is 0.428 e. The molecule has 0 aromatic heterocycles. The molecule has 2 aliphatic heterocycles. The Hall–Kier alpha value is -1.55. The van der Waals surface area contributed by atoms with Crippen LogP contribution in [0.3, 0.4) is 0 Å². The summed E-state index contributed by atoms with van der Waals surface area (Å²) in [5.41, 5.74) is 2.84. The maximum absolute atomic E-state index is 12.1. The third-order valence-corrected chi connectivity index (χ3v) is 4.89. The molecule has 4 rings (SSSR count). The molecule has 21 heavy (non-hydrogen) atoms. The van der Waals surface area contributed by atoms with Gasteiger partial charge in [0.2, 0.25) is 0 Å². The van der Waals surface area contributed by atoms with Gasteiger partial charge in [-0.05, 0) is 49.1 Å². The zero-order valence-electron chi connectivity index (χ0n) is 12.3. The van der Waals surface area contributed by atoms with Crippen LogP contribution in [0.1, 0.15) is 55.2 Å². The zero-order chi connectivity index (χ0) is 14.2. The van der Waals surface area contributed by atoms with Crippen LogP contribution in [-0.4, -0.2) is 35.7 Å². The highest BCUT2D eigenvalue weighted by molar-refractivity contribution is 5.68. The van der Waals surface area contributed by atoms with Gasteiger partial charge in [-0.1, -0.05) is 24.3 Å². The lowest BCUT2D eigenvalue weighted by Gasteiger charge is -2.33. The highest BCUT2D eigenvalue weighted by Crippen LogP contribution is 2.45. The molecule has 1 unspecified atom stereocenters. The summed E-state index contributed by atoms with van der Waals surface area (Å²) in [6.07, 6.45) is 5.71. The molecule has 1 saturated carbocycles. The summed E-state index contributed by atoms with van der Waals surface area (Å²) in [6.45, 7) is 2.54. The van der Waals surface area contributed by atoms with Crippen molar-refractivity contribution in [2.45, 2.75) is 44.1 Å². The van der Waals surface area contributed by atoms with Crippen LogP contribution in [0.2, 0.25) is 0 Å². The number of amides is 1. The molecule has 1 atom stereocenters.